The SMILES string of the molecule is COc1ccc(C(=O)NC2(CN)CCCCC2)c(OC)c1. The van der Waals surface area contributed by atoms with Gasteiger partial charge < -0.3 is 20.5 Å². The van der Waals surface area contributed by atoms with Gasteiger partial charge in [-0.15, -0.1) is 0 Å². The highest BCUT2D eigenvalue weighted by molar-refractivity contribution is 5.97. The van der Waals surface area contributed by atoms with Crippen LogP contribution in [0, 0.1) is 0 Å². The molecule has 0 atom stereocenters. The summed E-state index contributed by atoms with van der Waals surface area (Å²) in [5.74, 6) is 1.03. The van der Waals surface area contributed by atoms with E-state index in [4.69, 9.17) is 15.2 Å². The molecule has 0 aromatic heterocycles. The van der Waals surface area contributed by atoms with E-state index in [2.05, 4.69) is 5.32 Å². The lowest BCUT2D eigenvalue weighted by molar-refractivity contribution is 0.0871. The fourth-order valence-corrected chi connectivity index (χ4v) is 2.90. The summed E-state index contributed by atoms with van der Waals surface area (Å²) in [7, 11) is 3.13. The Hall–Kier alpha value is -1.75. The van der Waals surface area contributed by atoms with Crippen molar-refractivity contribution in [3.63, 3.8) is 0 Å². The molecule has 1 aromatic carbocycles. The van der Waals surface area contributed by atoms with Crippen molar-refractivity contribution in [1.29, 1.82) is 0 Å². The number of benzene rings is 1. The highest BCUT2D eigenvalue weighted by Crippen LogP contribution is 2.29. The second-order valence-electron chi connectivity index (χ2n) is 5.57. The van der Waals surface area contributed by atoms with Gasteiger partial charge in [-0.2, -0.15) is 0 Å². The van der Waals surface area contributed by atoms with Crippen molar-refractivity contribution >= 4 is 5.91 Å². The summed E-state index contributed by atoms with van der Waals surface area (Å²) < 4.78 is 10.4. The Bertz CT molecular complexity index is 496. The second-order valence-corrected chi connectivity index (χ2v) is 5.57. The Morgan fingerprint density at radius 3 is 2.52 bits per heavy atom. The second kappa shape index (κ2) is 6.80. The van der Waals surface area contributed by atoms with E-state index in [9.17, 15) is 4.79 Å². The van der Waals surface area contributed by atoms with Gasteiger partial charge in [0.25, 0.3) is 5.91 Å². The molecule has 5 nitrogen and oxygen atoms in total. The van der Waals surface area contributed by atoms with Crippen LogP contribution in [0.15, 0.2) is 18.2 Å². The Morgan fingerprint density at radius 1 is 1.24 bits per heavy atom. The fourth-order valence-electron chi connectivity index (χ4n) is 2.90. The first-order valence-corrected chi connectivity index (χ1v) is 7.39. The van der Waals surface area contributed by atoms with E-state index in [0.717, 1.165) is 25.7 Å². The van der Waals surface area contributed by atoms with Crippen LogP contribution in [0.5, 0.6) is 11.5 Å². The van der Waals surface area contributed by atoms with Gasteiger partial charge in [-0.05, 0) is 25.0 Å². The Morgan fingerprint density at radius 2 is 1.95 bits per heavy atom. The quantitative estimate of drug-likeness (QED) is 0.871. The van der Waals surface area contributed by atoms with Crippen LogP contribution in [0.2, 0.25) is 0 Å². The number of carbonyl (C=O) groups is 1. The maximum absolute atomic E-state index is 12.6. The van der Waals surface area contributed by atoms with Crippen molar-refractivity contribution < 1.29 is 14.3 Å². The molecule has 1 aliphatic rings. The van der Waals surface area contributed by atoms with Crippen molar-refractivity contribution in [3.05, 3.63) is 23.8 Å². The molecule has 0 radical (unpaired) electrons. The molecular weight excluding hydrogens is 268 g/mol. The number of nitrogens with one attached hydrogen (secondary N) is 1. The molecule has 3 N–H and O–H groups in total. The summed E-state index contributed by atoms with van der Waals surface area (Å²) in [4.78, 5) is 12.6. The van der Waals surface area contributed by atoms with Crippen molar-refractivity contribution in [1.82, 2.24) is 5.32 Å². The number of nitrogens with two attached hydrogens (primary N) is 1. The van der Waals surface area contributed by atoms with Crippen LogP contribution in [-0.2, 0) is 0 Å². The summed E-state index contributed by atoms with van der Waals surface area (Å²) in [5, 5.41) is 3.13. The molecule has 0 heterocycles. The van der Waals surface area contributed by atoms with Crippen LogP contribution < -0.4 is 20.5 Å². The van der Waals surface area contributed by atoms with Gasteiger partial charge in [-0.25, -0.2) is 0 Å². The molecule has 5 heteroatoms. The number of hydrogen-bond acceptors (Lipinski definition) is 4. The van der Waals surface area contributed by atoms with E-state index in [1.807, 2.05) is 0 Å². The Labute approximate surface area is 125 Å². The minimum atomic E-state index is -0.278. The van der Waals surface area contributed by atoms with Gasteiger partial charge in [0.05, 0.1) is 25.3 Å². The molecule has 1 fully saturated rings. The smallest absolute Gasteiger partial charge is 0.255 e. The summed E-state index contributed by atoms with van der Waals surface area (Å²) >= 11 is 0. The fraction of sp³-hybridized carbons (Fsp3) is 0.562. The van der Waals surface area contributed by atoms with Gasteiger partial charge in [0.15, 0.2) is 0 Å². The van der Waals surface area contributed by atoms with Gasteiger partial charge in [0, 0.05) is 12.6 Å². The Balaban J connectivity index is 2.19. The molecule has 1 amide bonds. The van der Waals surface area contributed by atoms with Gasteiger partial charge in [0.2, 0.25) is 0 Å². The summed E-state index contributed by atoms with van der Waals surface area (Å²) in [6.07, 6.45) is 5.30. The molecule has 0 bridgehead atoms. The zero-order valence-corrected chi connectivity index (χ0v) is 12.8. The summed E-state index contributed by atoms with van der Waals surface area (Å²) in [6.45, 7) is 0.469. The van der Waals surface area contributed by atoms with Gasteiger partial charge in [-0.3, -0.25) is 4.79 Å². The molecule has 1 saturated carbocycles. The first kappa shape index (κ1) is 15.6. The summed E-state index contributed by atoms with van der Waals surface area (Å²) in [5.41, 5.74) is 6.15. The van der Waals surface area contributed by atoms with E-state index in [-0.39, 0.29) is 11.4 Å². The molecule has 0 unspecified atom stereocenters. The minimum Gasteiger partial charge on any atom is -0.497 e. The number of carbonyl (C=O) groups excluding carboxylic acids is 1. The predicted molar refractivity (Wildman–Crippen MR) is 81.9 cm³/mol. The molecule has 0 spiro atoms. The number of amides is 1. The van der Waals surface area contributed by atoms with Crippen LogP contribution in [0.25, 0.3) is 0 Å². The third-order valence-electron chi connectivity index (χ3n) is 4.23. The van der Waals surface area contributed by atoms with Gasteiger partial charge in [-0.1, -0.05) is 19.3 Å². The van der Waals surface area contributed by atoms with Crippen molar-refractivity contribution in [2.75, 3.05) is 20.8 Å². The topological polar surface area (TPSA) is 73.6 Å². The Kier molecular flexibility index (Phi) is 5.07. The molecular formula is C16H24N2O3. The average Bonchev–Trinajstić information content (AvgIpc) is 2.54. The lowest BCUT2D eigenvalue weighted by Crippen LogP contribution is -2.54. The first-order valence-electron chi connectivity index (χ1n) is 7.39. The lowest BCUT2D eigenvalue weighted by atomic mass is 9.81. The maximum Gasteiger partial charge on any atom is 0.255 e. The van der Waals surface area contributed by atoms with Crippen molar-refractivity contribution in [3.8, 4) is 11.5 Å². The van der Waals surface area contributed by atoms with Crippen LogP contribution in [0.3, 0.4) is 0 Å². The maximum atomic E-state index is 12.6. The van der Waals surface area contributed by atoms with Crippen LogP contribution >= 0.6 is 0 Å². The standard InChI is InChI=1S/C16H24N2O3/c1-20-12-6-7-13(14(10-12)21-2)15(19)18-16(11-17)8-4-3-5-9-16/h6-7,10H,3-5,8-9,11,17H2,1-2H3,(H,18,19). The van der Waals surface area contributed by atoms with Crippen LogP contribution in [0.1, 0.15) is 42.5 Å². The largest absolute Gasteiger partial charge is 0.497 e. The number of methoxy groups -OCH3 is 2. The molecule has 1 aliphatic carbocycles. The summed E-state index contributed by atoms with van der Waals surface area (Å²) in [6, 6.07) is 5.19. The van der Waals surface area contributed by atoms with E-state index in [1.54, 1.807) is 32.4 Å². The predicted octanol–water partition coefficient (Wildman–Crippen LogP) is 2.10. The molecule has 116 valence electrons. The van der Waals surface area contributed by atoms with Gasteiger partial charge in [0.1, 0.15) is 11.5 Å². The normalized spacial score (nSPS) is 17.1. The van der Waals surface area contributed by atoms with E-state index in [1.165, 1.54) is 6.42 Å². The number of ether oxygens (including phenoxy) is 2. The number of rotatable bonds is 5. The highest BCUT2D eigenvalue weighted by Gasteiger charge is 2.33. The monoisotopic (exact) mass is 292 g/mol. The first-order chi connectivity index (χ1) is 10.1. The minimum absolute atomic E-state index is 0.137. The third-order valence-corrected chi connectivity index (χ3v) is 4.23. The molecule has 21 heavy (non-hydrogen) atoms. The molecule has 2 rings (SSSR count). The zero-order chi connectivity index (χ0) is 15.3. The average molecular weight is 292 g/mol. The van der Waals surface area contributed by atoms with Crippen molar-refractivity contribution in [2.24, 2.45) is 5.73 Å². The van der Waals surface area contributed by atoms with Crippen LogP contribution in [-0.4, -0.2) is 32.2 Å². The molecule has 0 saturated heterocycles. The molecule has 0 aliphatic heterocycles. The van der Waals surface area contributed by atoms with E-state index >= 15 is 0 Å². The number of hydrogen-bond donors (Lipinski definition) is 2. The zero-order valence-electron chi connectivity index (χ0n) is 12.8. The third kappa shape index (κ3) is 3.47. The lowest BCUT2D eigenvalue weighted by Gasteiger charge is -2.37. The van der Waals surface area contributed by atoms with Crippen molar-refractivity contribution in [2.45, 2.75) is 37.6 Å². The van der Waals surface area contributed by atoms with Gasteiger partial charge >= 0.3 is 0 Å². The van der Waals surface area contributed by atoms with E-state index in [0.29, 0.717) is 23.6 Å². The van der Waals surface area contributed by atoms with E-state index < -0.39 is 0 Å². The molecule has 1 aromatic rings. The highest BCUT2D eigenvalue weighted by atomic mass is 16.5. The van der Waals surface area contributed by atoms with Crippen LogP contribution in [0.4, 0.5) is 0 Å².